The molecule has 2 saturated carbocycles. The van der Waals surface area contributed by atoms with Crippen molar-refractivity contribution in [3.8, 4) is 5.75 Å². The fraction of sp³-hybridized carbons (Fsp3) is 0.565. The average molecular weight is 465 g/mol. The Labute approximate surface area is 188 Å². The van der Waals surface area contributed by atoms with E-state index >= 15 is 0 Å². The molecule has 0 bridgehead atoms. The normalized spacial score (nSPS) is 20.4. The Morgan fingerprint density at radius 1 is 1.22 bits per heavy atom. The number of rotatable bonds is 11. The van der Waals surface area contributed by atoms with E-state index in [1.54, 1.807) is 24.3 Å². The van der Waals surface area contributed by atoms with Crippen LogP contribution >= 0.6 is 0 Å². The molecule has 7 nitrogen and oxygen atoms in total. The number of carbonyl (C=O) groups is 2. The summed E-state index contributed by atoms with van der Waals surface area (Å²) in [6, 6.07) is 4.37. The van der Waals surface area contributed by atoms with Gasteiger partial charge in [0.05, 0.1) is 18.1 Å². The van der Waals surface area contributed by atoms with Gasteiger partial charge < -0.3 is 9.64 Å². The molecule has 1 aromatic rings. The Balaban J connectivity index is 1.29. The molecule has 1 aliphatic heterocycles. The van der Waals surface area contributed by atoms with Crippen molar-refractivity contribution >= 4 is 21.8 Å². The highest BCUT2D eigenvalue weighted by molar-refractivity contribution is 7.91. The quantitative estimate of drug-likeness (QED) is 0.371. The van der Waals surface area contributed by atoms with Crippen molar-refractivity contribution in [2.75, 3.05) is 38.2 Å². The molecule has 0 spiro atoms. The number of imide groups is 1. The molecule has 0 radical (unpaired) electrons. The first-order valence-electron chi connectivity index (χ1n) is 11.0. The Morgan fingerprint density at radius 2 is 1.97 bits per heavy atom. The predicted octanol–water partition coefficient (Wildman–Crippen LogP) is 2.90. The highest BCUT2D eigenvalue weighted by Crippen LogP contribution is 2.50. The van der Waals surface area contributed by atoms with Crippen molar-refractivity contribution in [2.24, 2.45) is 5.92 Å². The number of carbonyl (C=O) groups excluding carboxylic acids is 2. The highest BCUT2D eigenvalue weighted by Gasteiger charge is 2.47. The van der Waals surface area contributed by atoms with Crippen LogP contribution in [0.25, 0.3) is 0 Å². The minimum absolute atomic E-state index is 0.00423. The van der Waals surface area contributed by atoms with E-state index < -0.39 is 21.1 Å². The van der Waals surface area contributed by atoms with Crippen molar-refractivity contribution in [3.05, 3.63) is 41.7 Å². The lowest BCUT2D eigenvalue weighted by molar-refractivity contribution is -0.124. The van der Waals surface area contributed by atoms with Gasteiger partial charge >= 0.3 is 6.03 Å². The lowest BCUT2D eigenvalue weighted by Crippen LogP contribution is -2.29. The fourth-order valence-corrected chi connectivity index (χ4v) is 5.90. The predicted molar refractivity (Wildman–Crippen MR) is 118 cm³/mol. The molecule has 3 aliphatic rings. The van der Waals surface area contributed by atoms with Gasteiger partial charge in [-0.05, 0) is 55.7 Å². The summed E-state index contributed by atoms with van der Waals surface area (Å²) >= 11 is 0. The molecule has 1 heterocycles. The van der Waals surface area contributed by atoms with Crippen LogP contribution < -0.4 is 4.74 Å². The standard InChI is InChI=1S/C23H29FN2O5S/c1-25-21(27)14-26(22(25)28)11-3-2-4-12-32(29,30)16-23(9-10-23)18-7-8-19(24)20(13-18)31-15-17-5-6-17/h2-3,7-8,13,17H,4-6,9-12,14-16H2,1H3/b3-2+. The van der Waals surface area contributed by atoms with Gasteiger partial charge in [0, 0.05) is 19.0 Å². The third kappa shape index (κ3) is 5.31. The van der Waals surface area contributed by atoms with Crippen molar-refractivity contribution < 1.29 is 27.1 Å². The van der Waals surface area contributed by atoms with Gasteiger partial charge in [-0.15, -0.1) is 0 Å². The molecule has 9 heteroatoms. The van der Waals surface area contributed by atoms with E-state index in [0.29, 0.717) is 18.9 Å². The van der Waals surface area contributed by atoms with Crippen LogP contribution in [0.3, 0.4) is 0 Å². The number of benzene rings is 1. The summed E-state index contributed by atoms with van der Waals surface area (Å²) in [5, 5.41) is 0. The smallest absolute Gasteiger partial charge is 0.327 e. The molecule has 0 unspecified atom stereocenters. The highest BCUT2D eigenvalue weighted by atomic mass is 32.2. The molecule has 4 rings (SSSR count). The fourth-order valence-electron chi connectivity index (χ4n) is 3.96. The van der Waals surface area contributed by atoms with Crippen molar-refractivity contribution in [1.82, 2.24) is 9.80 Å². The summed E-state index contributed by atoms with van der Waals surface area (Å²) in [6.45, 7) is 0.827. The number of sulfone groups is 1. The van der Waals surface area contributed by atoms with Crippen LogP contribution in [0.1, 0.15) is 37.7 Å². The third-order valence-electron chi connectivity index (χ3n) is 6.41. The van der Waals surface area contributed by atoms with Gasteiger partial charge in [-0.3, -0.25) is 9.69 Å². The first-order valence-corrected chi connectivity index (χ1v) is 12.8. The van der Waals surface area contributed by atoms with Gasteiger partial charge in [0.25, 0.3) is 0 Å². The lowest BCUT2D eigenvalue weighted by atomic mass is 9.98. The Kier molecular flexibility index (Phi) is 6.29. The molecular formula is C23H29FN2O5S. The zero-order valence-corrected chi connectivity index (χ0v) is 19.1. The largest absolute Gasteiger partial charge is 0.490 e. The summed E-state index contributed by atoms with van der Waals surface area (Å²) in [5.74, 6) is 0.0912. The van der Waals surface area contributed by atoms with Gasteiger partial charge in [-0.1, -0.05) is 18.2 Å². The third-order valence-corrected chi connectivity index (χ3v) is 8.26. The van der Waals surface area contributed by atoms with Gasteiger partial charge in [0.1, 0.15) is 6.54 Å². The SMILES string of the molecule is CN1C(=O)CN(C/C=C/CCS(=O)(=O)CC2(c3ccc(F)c(OCC4CC4)c3)CC2)C1=O. The number of halogens is 1. The minimum Gasteiger partial charge on any atom is -0.490 e. The number of amides is 3. The molecule has 1 aromatic carbocycles. The molecule has 3 fully saturated rings. The average Bonchev–Trinajstić information content (AvgIpc) is 3.66. The number of allylic oxidation sites excluding steroid dienone is 1. The van der Waals surface area contributed by atoms with E-state index in [4.69, 9.17) is 4.74 Å². The molecule has 174 valence electrons. The molecule has 32 heavy (non-hydrogen) atoms. The zero-order valence-electron chi connectivity index (χ0n) is 18.3. The van der Waals surface area contributed by atoms with E-state index in [1.165, 1.54) is 18.0 Å². The minimum atomic E-state index is -3.32. The first-order chi connectivity index (χ1) is 15.2. The van der Waals surface area contributed by atoms with E-state index in [-0.39, 0.29) is 42.3 Å². The van der Waals surface area contributed by atoms with Gasteiger partial charge in [0.15, 0.2) is 21.4 Å². The summed E-state index contributed by atoms with van der Waals surface area (Å²) in [7, 11) is -1.88. The number of nitrogens with zero attached hydrogens (tertiary/aromatic N) is 2. The van der Waals surface area contributed by atoms with E-state index in [1.807, 2.05) is 0 Å². The maximum Gasteiger partial charge on any atom is 0.327 e. The van der Waals surface area contributed by atoms with E-state index in [9.17, 15) is 22.4 Å². The maximum absolute atomic E-state index is 14.1. The van der Waals surface area contributed by atoms with Gasteiger partial charge in [0.2, 0.25) is 5.91 Å². The number of likely N-dealkylation sites (N-methyl/N-ethyl adjacent to an activating group) is 1. The number of hydrogen-bond acceptors (Lipinski definition) is 5. The van der Waals surface area contributed by atoms with E-state index in [0.717, 1.165) is 36.1 Å². The molecule has 0 aromatic heterocycles. The molecule has 2 aliphatic carbocycles. The Hall–Kier alpha value is -2.42. The van der Waals surface area contributed by atoms with Crippen LogP contribution in [-0.4, -0.2) is 68.4 Å². The molecule has 0 N–H and O–H groups in total. The zero-order chi connectivity index (χ0) is 22.9. The Bertz CT molecular complexity index is 1030. The second kappa shape index (κ2) is 8.84. The lowest BCUT2D eigenvalue weighted by Gasteiger charge is -2.17. The van der Waals surface area contributed by atoms with Gasteiger partial charge in [-0.2, -0.15) is 0 Å². The second-order valence-electron chi connectivity index (χ2n) is 9.15. The van der Waals surface area contributed by atoms with Crippen LogP contribution in [0.4, 0.5) is 9.18 Å². The first kappa shape index (κ1) is 22.8. The summed E-state index contributed by atoms with van der Waals surface area (Å²) in [6.07, 6.45) is 7.53. The van der Waals surface area contributed by atoms with Gasteiger partial charge in [-0.25, -0.2) is 17.6 Å². The second-order valence-corrected chi connectivity index (χ2v) is 11.3. The summed E-state index contributed by atoms with van der Waals surface area (Å²) in [5.41, 5.74) is 0.367. The molecule has 0 atom stereocenters. The van der Waals surface area contributed by atoms with Crippen molar-refractivity contribution in [2.45, 2.75) is 37.5 Å². The maximum atomic E-state index is 14.1. The van der Waals surface area contributed by atoms with Crippen LogP contribution in [0.15, 0.2) is 30.4 Å². The van der Waals surface area contributed by atoms with Crippen LogP contribution in [0.5, 0.6) is 5.75 Å². The van der Waals surface area contributed by atoms with Crippen molar-refractivity contribution in [1.29, 1.82) is 0 Å². The number of ether oxygens (including phenoxy) is 1. The number of urea groups is 1. The Morgan fingerprint density at radius 3 is 2.59 bits per heavy atom. The summed E-state index contributed by atoms with van der Waals surface area (Å²) < 4.78 is 45.2. The topological polar surface area (TPSA) is 84.0 Å². The van der Waals surface area contributed by atoms with E-state index in [2.05, 4.69) is 0 Å². The van der Waals surface area contributed by atoms with Crippen molar-refractivity contribution in [3.63, 3.8) is 0 Å². The molecule has 3 amide bonds. The molecular weight excluding hydrogens is 435 g/mol. The van der Waals surface area contributed by atoms with Crippen LogP contribution in [-0.2, 0) is 20.0 Å². The summed E-state index contributed by atoms with van der Waals surface area (Å²) in [4.78, 5) is 25.8. The monoisotopic (exact) mass is 464 g/mol. The molecule has 1 saturated heterocycles. The number of hydrogen-bond donors (Lipinski definition) is 0. The van der Waals surface area contributed by atoms with Crippen LogP contribution in [0, 0.1) is 11.7 Å². The van der Waals surface area contributed by atoms with Crippen LogP contribution in [0.2, 0.25) is 0 Å².